The summed E-state index contributed by atoms with van der Waals surface area (Å²) < 4.78 is 13.1. The van der Waals surface area contributed by atoms with E-state index in [1.807, 2.05) is 4.90 Å². The van der Waals surface area contributed by atoms with Crippen molar-refractivity contribution in [2.45, 2.75) is 19.4 Å². The lowest BCUT2D eigenvalue weighted by atomic mass is 10.1. The molecule has 154 valence electrons. The summed E-state index contributed by atoms with van der Waals surface area (Å²) in [4.78, 5) is 36.8. The fourth-order valence-corrected chi connectivity index (χ4v) is 2.85. The molecule has 8 nitrogen and oxygen atoms in total. The van der Waals surface area contributed by atoms with Gasteiger partial charge in [0.15, 0.2) is 0 Å². The second-order valence-electron chi connectivity index (χ2n) is 6.65. The lowest BCUT2D eigenvalue weighted by Crippen LogP contribution is -2.40. The molecule has 29 heavy (non-hydrogen) atoms. The number of aryl methyl sites for hydroxylation is 1. The van der Waals surface area contributed by atoms with Gasteiger partial charge in [-0.2, -0.15) is 0 Å². The summed E-state index contributed by atoms with van der Waals surface area (Å²) in [5.74, 6) is -2.17. The smallest absolute Gasteiger partial charge is 0.313 e. The van der Waals surface area contributed by atoms with Crippen molar-refractivity contribution in [1.29, 1.82) is 0 Å². The first-order chi connectivity index (χ1) is 13.7. The molecule has 2 rings (SSSR count). The quantitative estimate of drug-likeness (QED) is 0.421. The summed E-state index contributed by atoms with van der Waals surface area (Å²) in [5.41, 5.74) is 1.36. The van der Waals surface area contributed by atoms with Crippen molar-refractivity contribution in [1.82, 2.24) is 10.2 Å². The highest BCUT2D eigenvalue weighted by molar-refractivity contribution is 6.39. The van der Waals surface area contributed by atoms with E-state index in [9.17, 15) is 24.1 Å². The third kappa shape index (κ3) is 5.82. The number of nitrogens with one attached hydrogen (secondary N) is 2. The first kappa shape index (κ1) is 22.0. The Bertz CT molecular complexity index is 900. The van der Waals surface area contributed by atoms with E-state index in [-0.39, 0.29) is 29.8 Å². The predicted octanol–water partition coefficient (Wildman–Crippen LogP) is 2.65. The maximum Gasteiger partial charge on any atom is 0.313 e. The van der Waals surface area contributed by atoms with Crippen molar-refractivity contribution in [3.8, 4) is 0 Å². The van der Waals surface area contributed by atoms with Crippen molar-refractivity contribution in [2.75, 3.05) is 26.0 Å². The van der Waals surface area contributed by atoms with E-state index in [4.69, 9.17) is 0 Å². The van der Waals surface area contributed by atoms with Crippen molar-refractivity contribution in [3.05, 3.63) is 69.5 Å². The molecule has 0 aliphatic rings. The van der Waals surface area contributed by atoms with Gasteiger partial charge >= 0.3 is 11.8 Å². The van der Waals surface area contributed by atoms with Gasteiger partial charge in [-0.3, -0.25) is 19.7 Å². The molecule has 2 aromatic carbocycles. The SMILES string of the molecule is CCc1ccc(NC(=O)C(=O)NCC(c2ccc(F)cc2)N(C)C)cc1[N+](=O)[O-]. The largest absolute Gasteiger partial charge is 0.346 e. The Hall–Kier alpha value is -3.33. The Morgan fingerprint density at radius 3 is 2.34 bits per heavy atom. The lowest BCUT2D eigenvalue weighted by Gasteiger charge is -2.25. The highest BCUT2D eigenvalue weighted by Gasteiger charge is 2.20. The minimum absolute atomic E-state index is 0.116. The van der Waals surface area contributed by atoms with Crippen molar-refractivity contribution in [3.63, 3.8) is 0 Å². The molecule has 2 amide bonds. The molecule has 1 unspecified atom stereocenters. The van der Waals surface area contributed by atoms with Crippen LogP contribution in [0.15, 0.2) is 42.5 Å². The van der Waals surface area contributed by atoms with Crippen molar-refractivity contribution in [2.24, 2.45) is 0 Å². The fourth-order valence-electron chi connectivity index (χ4n) is 2.85. The van der Waals surface area contributed by atoms with Gasteiger partial charge in [0.25, 0.3) is 5.69 Å². The molecule has 0 aromatic heterocycles. The summed E-state index contributed by atoms with van der Waals surface area (Å²) in [6, 6.07) is 9.89. The molecule has 0 spiro atoms. The number of halogens is 1. The number of hydrogen-bond acceptors (Lipinski definition) is 5. The van der Waals surface area contributed by atoms with Crippen LogP contribution >= 0.6 is 0 Å². The van der Waals surface area contributed by atoms with Crippen LogP contribution in [0.4, 0.5) is 15.8 Å². The van der Waals surface area contributed by atoms with Gasteiger partial charge in [-0.25, -0.2) is 4.39 Å². The average Bonchev–Trinajstić information content (AvgIpc) is 2.68. The summed E-state index contributed by atoms with van der Waals surface area (Å²) in [7, 11) is 3.60. The van der Waals surface area contributed by atoms with Crippen LogP contribution in [-0.2, 0) is 16.0 Å². The zero-order valence-electron chi connectivity index (χ0n) is 16.4. The minimum Gasteiger partial charge on any atom is -0.346 e. The number of nitro groups is 1. The highest BCUT2D eigenvalue weighted by atomic mass is 19.1. The first-order valence-corrected chi connectivity index (χ1v) is 9.01. The van der Waals surface area contributed by atoms with E-state index in [2.05, 4.69) is 10.6 Å². The number of amides is 2. The maximum absolute atomic E-state index is 13.1. The number of rotatable bonds is 7. The van der Waals surface area contributed by atoms with E-state index >= 15 is 0 Å². The van der Waals surface area contributed by atoms with Gasteiger partial charge < -0.3 is 15.5 Å². The van der Waals surface area contributed by atoms with E-state index in [0.29, 0.717) is 12.0 Å². The average molecular weight is 402 g/mol. The molecule has 1 atom stereocenters. The van der Waals surface area contributed by atoms with Crippen molar-refractivity contribution < 1.29 is 18.9 Å². The molecular weight excluding hydrogens is 379 g/mol. The molecule has 0 radical (unpaired) electrons. The zero-order valence-corrected chi connectivity index (χ0v) is 16.4. The summed E-state index contributed by atoms with van der Waals surface area (Å²) in [6.07, 6.45) is 0.473. The summed E-state index contributed by atoms with van der Waals surface area (Å²) >= 11 is 0. The van der Waals surface area contributed by atoms with Crippen LogP contribution in [0.25, 0.3) is 0 Å². The summed E-state index contributed by atoms with van der Waals surface area (Å²) in [5, 5.41) is 16.0. The van der Waals surface area contributed by atoms with Gasteiger partial charge in [0.2, 0.25) is 0 Å². The summed E-state index contributed by atoms with van der Waals surface area (Å²) in [6.45, 7) is 1.91. The van der Waals surface area contributed by atoms with E-state index in [1.54, 1.807) is 39.2 Å². The van der Waals surface area contributed by atoms with Gasteiger partial charge in [0.1, 0.15) is 5.82 Å². The predicted molar refractivity (Wildman–Crippen MR) is 107 cm³/mol. The molecule has 2 N–H and O–H groups in total. The molecule has 0 heterocycles. The van der Waals surface area contributed by atoms with Crippen LogP contribution in [0.3, 0.4) is 0 Å². The fraction of sp³-hybridized carbons (Fsp3) is 0.300. The van der Waals surface area contributed by atoms with Crippen LogP contribution in [0.1, 0.15) is 24.1 Å². The number of likely N-dealkylation sites (N-methyl/N-ethyl adjacent to an activating group) is 1. The number of carbonyl (C=O) groups is 2. The maximum atomic E-state index is 13.1. The molecule has 0 aliphatic heterocycles. The lowest BCUT2D eigenvalue weighted by molar-refractivity contribution is -0.385. The standard InChI is InChI=1S/C20H23FN4O4/c1-4-13-7-10-16(11-17(13)25(28)29)23-20(27)19(26)22-12-18(24(2)3)14-5-8-15(21)9-6-14/h5-11,18H,4,12H2,1-3H3,(H,22,26)(H,23,27). The normalized spacial score (nSPS) is 11.8. The van der Waals surface area contributed by atoms with Crippen LogP contribution in [0.2, 0.25) is 0 Å². The third-order valence-electron chi connectivity index (χ3n) is 4.46. The third-order valence-corrected chi connectivity index (χ3v) is 4.46. The Morgan fingerprint density at radius 1 is 1.14 bits per heavy atom. The van der Waals surface area contributed by atoms with Gasteiger partial charge in [0.05, 0.1) is 11.0 Å². The van der Waals surface area contributed by atoms with Crippen molar-refractivity contribution >= 4 is 23.2 Å². The van der Waals surface area contributed by atoms with Crippen LogP contribution in [0, 0.1) is 15.9 Å². The number of benzene rings is 2. The molecular formula is C20H23FN4O4. The number of anilines is 1. The van der Waals surface area contributed by atoms with Crippen LogP contribution < -0.4 is 10.6 Å². The Kier molecular flexibility index (Phi) is 7.38. The molecule has 9 heteroatoms. The van der Waals surface area contributed by atoms with E-state index in [0.717, 1.165) is 5.56 Å². The number of hydrogen-bond donors (Lipinski definition) is 2. The number of nitro benzene ring substituents is 1. The molecule has 0 saturated heterocycles. The second-order valence-corrected chi connectivity index (χ2v) is 6.65. The monoisotopic (exact) mass is 402 g/mol. The van der Waals surface area contributed by atoms with Gasteiger partial charge in [-0.05, 0) is 44.3 Å². The first-order valence-electron chi connectivity index (χ1n) is 9.01. The van der Waals surface area contributed by atoms with Crippen LogP contribution in [0.5, 0.6) is 0 Å². The number of nitrogens with zero attached hydrogens (tertiary/aromatic N) is 2. The number of carbonyl (C=O) groups excluding carboxylic acids is 2. The molecule has 0 saturated carbocycles. The second kappa shape index (κ2) is 9.74. The molecule has 0 fully saturated rings. The highest BCUT2D eigenvalue weighted by Crippen LogP contribution is 2.23. The Morgan fingerprint density at radius 2 is 1.79 bits per heavy atom. The van der Waals surface area contributed by atoms with Gasteiger partial charge in [-0.1, -0.05) is 25.1 Å². The van der Waals surface area contributed by atoms with Crippen LogP contribution in [-0.4, -0.2) is 42.3 Å². The zero-order chi connectivity index (χ0) is 21.6. The van der Waals surface area contributed by atoms with Gasteiger partial charge in [-0.15, -0.1) is 0 Å². The van der Waals surface area contributed by atoms with Gasteiger partial charge in [0, 0.05) is 23.9 Å². The molecule has 0 aliphatic carbocycles. The van der Waals surface area contributed by atoms with E-state index < -0.39 is 16.7 Å². The Balaban J connectivity index is 2.03. The molecule has 2 aromatic rings. The minimum atomic E-state index is -0.930. The Labute approximate surface area is 167 Å². The topological polar surface area (TPSA) is 105 Å². The van der Waals surface area contributed by atoms with E-state index in [1.165, 1.54) is 24.3 Å². The molecule has 0 bridgehead atoms.